The molecule has 0 bridgehead atoms. The van der Waals surface area contributed by atoms with Gasteiger partial charge in [-0.25, -0.2) is 4.98 Å². The van der Waals surface area contributed by atoms with Crippen molar-refractivity contribution in [3.05, 3.63) is 12.2 Å². The van der Waals surface area contributed by atoms with Crippen molar-refractivity contribution < 1.29 is 9.53 Å². The first-order chi connectivity index (χ1) is 7.54. The van der Waals surface area contributed by atoms with Crippen LogP contribution in [0.5, 0.6) is 0 Å². The minimum Gasteiger partial charge on any atom is -0.468 e. The van der Waals surface area contributed by atoms with Crippen LogP contribution in [0.15, 0.2) is 6.33 Å². The molecule has 1 aliphatic rings. The van der Waals surface area contributed by atoms with Gasteiger partial charge in [-0.1, -0.05) is 0 Å². The van der Waals surface area contributed by atoms with E-state index >= 15 is 0 Å². The summed E-state index contributed by atoms with van der Waals surface area (Å²) in [6.07, 6.45) is 4.24. The van der Waals surface area contributed by atoms with Crippen molar-refractivity contribution in [2.45, 2.75) is 38.6 Å². The number of carbonyl (C=O) groups excluding carboxylic acids is 1. The molecule has 88 valence electrons. The Balaban J connectivity index is 2.12. The van der Waals surface area contributed by atoms with Crippen LogP contribution in [0.3, 0.4) is 0 Å². The van der Waals surface area contributed by atoms with Crippen LogP contribution in [0.2, 0.25) is 0 Å². The maximum atomic E-state index is 11.6. The number of ether oxygens (including phenoxy) is 1. The monoisotopic (exact) mass is 223 g/mol. The lowest BCUT2D eigenvalue weighted by molar-refractivity contribution is -0.146. The molecular weight excluding hydrogens is 206 g/mol. The van der Waals surface area contributed by atoms with Gasteiger partial charge in [0.25, 0.3) is 0 Å². The third-order valence-electron chi connectivity index (χ3n) is 2.93. The fourth-order valence-electron chi connectivity index (χ4n) is 1.58. The van der Waals surface area contributed by atoms with Crippen LogP contribution in [-0.4, -0.2) is 27.8 Å². The number of aromatic nitrogens is 3. The van der Waals surface area contributed by atoms with Gasteiger partial charge in [-0.3, -0.25) is 9.48 Å². The minimum atomic E-state index is -0.774. The molecular formula is C11H17N3O2. The van der Waals surface area contributed by atoms with Crippen molar-refractivity contribution in [3.8, 4) is 0 Å². The molecule has 2 rings (SSSR count). The zero-order chi connectivity index (χ0) is 11.8. The van der Waals surface area contributed by atoms with Crippen LogP contribution >= 0.6 is 0 Å². The molecule has 1 aromatic heterocycles. The summed E-state index contributed by atoms with van der Waals surface area (Å²) in [4.78, 5) is 15.8. The Kier molecular flexibility index (Phi) is 2.69. The van der Waals surface area contributed by atoms with Gasteiger partial charge in [0.1, 0.15) is 11.7 Å². The van der Waals surface area contributed by atoms with Gasteiger partial charge in [-0.05, 0) is 32.6 Å². The summed E-state index contributed by atoms with van der Waals surface area (Å²) in [7, 11) is 1.38. The lowest BCUT2D eigenvalue weighted by Crippen LogP contribution is -2.31. The van der Waals surface area contributed by atoms with Crippen LogP contribution in [0, 0.1) is 5.92 Å². The number of methoxy groups -OCH3 is 1. The molecule has 0 spiro atoms. The number of esters is 1. The van der Waals surface area contributed by atoms with E-state index in [1.165, 1.54) is 20.0 Å². The van der Waals surface area contributed by atoms with Crippen LogP contribution in [0.4, 0.5) is 0 Å². The number of hydrogen-bond acceptors (Lipinski definition) is 4. The van der Waals surface area contributed by atoms with E-state index in [2.05, 4.69) is 10.1 Å². The highest BCUT2D eigenvalue weighted by atomic mass is 16.5. The minimum absolute atomic E-state index is 0.309. The molecule has 16 heavy (non-hydrogen) atoms. The third-order valence-corrected chi connectivity index (χ3v) is 2.93. The highest BCUT2D eigenvalue weighted by Gasteiger charge is 2.35. The van der Waals surface area contributed by atoms with Crippen LogP contribution in [0.25, 0.3) is 0 Å². The second-order valence-electron chi connectivity index (χ2n) is 4.85. The lowest BCUT2D eigenvalue weighted by Gasteiger charge is -2.17. The van der Waals surface area contributed by atoms with Crippen molar-refractivity contribution in [2.24, 2.45) is 5.92 Å². The van der Waals surface area contributed by atoms with Crippen LogP contribution in [-0.2, 0) is 21.5 Å². The Hall–Kier alpha value is -1.39. The third kappa shape index (κ3) is 2.08. The van der Waals surface area contributed by atoms with Crippen molar-refractivity contribution in [3.63, 3.8) is 0 Å². The molecule has 0 unspecified atom stereocenters. The van der Waals surface area contributed by atoms with Crippen LogP contribution in [0.1, 0.15) is 32.5 Å². The van der Waals surface area contributed by atoms with Crippen molar-refractivity contribution in [1.82, 2.24) is 14.8 Å². The molecule has 0 saturated heterocycles. The van der Waals surface area contributed by atoms with Gasteiger partial charge < -0.3 is 4.74 Å². The first-order valence-corrected chi connectivity index (χ1v) is 5.52. The summed E-state index contributed by atoms with van der Waals surface area (Å²) in [5, 5.41) is 4.34. The maximum Gasteiger partial charge on any atom is 0.319 e. The largest absolute Gasteiger partial charge is 0.468 e. The van der Waals surface area contributed by atoms with E-state index in [0.29, 0.717) is 5.82 Å². The number of rotatable bonds is 4. The quantitative estimate of drug-likeness (QED) is 0.718. The van der Waals surface area contributed by atoms with Crippen LogP contribution < -0.4 is 0 Å². The summed E-state index contributed by atoms with van der Waals surface area (Å²) >= 11 is 0. The summed E-state index contributed by atoms with van der Waals surface area (Å²) < 4.78 is 6.56. The normalized spacial score (nSPS) is 16.2. The molecule has 1 aliphatic carbocycles. The van der Waals surface area contributed by atoms with Gasteiger partial charge >= 0.3 is 5.97 Å². The molecule has 0 radical (unpaired) electrons. The van der Waals surface area contributed by atoms with E-state index in [4.69, 9.17) is 4.74 Å². The molecule has 0 atom stereocenters. The number of carbonyl (C=O) groups is 1. The maximum absolute atomic E-state index is 11.6. The number of nitrogens with zero attached hydrogens (tertiary/aromatic N) is 3. The molecule has 0 amide bonds. The predicted octanol–water partition coefficient (Wildman–Crippen LogP) is 1.14. The smallest absolute Gasteiger partial charge is 0.319 e. The summed E-state index contributed by atoms with van der Waals surface area (Å²) in [5.74, 6) is 0.965. The highest BCUT2D eigenvalue weighted by molar-refractivity contribution is 5.80. The summed E-state index contributed by atoms with van der Waals surface area (Å²) in [6.45, 7) is 4.45. The van der Waals surface area contributed by atoms with E-state index < -0.39 is 5.41 Å². The predicted molar refractivity (Wildman–Crippen MR) is 57.8 cm³/mol. The average molecular weight is 223 g/mol. The fraction of sp³-hybridized carbons (Fsp3) is 0.727. The van der Waals surface area contributed by atoms with Gasteiger partial charge in [0.15, 0.2) is 5.82 Å². The Morgan fingerprint density at radius 3 is 2.88 bits per heavy atom. The Labute approximate surface area is 94.8 Å². The SMILES string of the molecule is COC(=O)C(C)(C)c1ncn(CC2CC2)n1. The molecule has 0 aliphatic heterocycles. The van der Waals surface area contributed by atoms with E-state index in [1.54, 1.807) is 20.2 Å². The summed E-state index contributed by atoms with van der Waals surface area (Å²) in [5.41, 5.74) is -0.774. The molecule has 1 heterocycles. The molecule has 0 N–H and O–H groups in total. The molecule has 1 saturated carbocycles. The molecule has 5 nitrogen and oxygen atoms in total. The first-order valence-electron chi connectivity index (χ1n) is 5.52. The first kappa shape index (κ1) is 11.1. The van der Waals surface area contributed by atoms with Crippen molar-refractivity contribution in [2.75, 3.05) is 7.11 Å². The Bertz CT molecular complexity index is 394. The van der Waals surface area contributed by atoms with Gasteiger partial charge in [0.2, 0.25) is 0 Å². The van der Waals surface area contributed by atoms with E-state index in [0.717, 1.165) is 12.5 Å². The highest BCUT2D eigenvalue weighted by Crippen LogP contribution is 2.30. The summed E-state index contributed by atoms with van der Waals surface area (Å²) in [6, 6.07) is 0. The molecule has 1 aromatic rings. The van der Waals surface area contributed by atoms with E-state index in [-0.39, 0.29) is 5.97 Å². The average Bonchev–Trinajstić information content (AvgIpc) is 2.92. The van der Waals surface area contributed by atoms with Gasteiger partial charge in [-0.15, -0.1) is 0 Å². The fourth-order valence-corrected chi connectivity index (χ4v) is 1.58. The van der Waals surface area contributed by atoms with E-state index in [9.17, 15) is 4.79 Å². The van der Waals surface area contributed by atoms with Crippen molar-refractivity contribution in [1.29, 1.82) is 0 Å². The van der Waals surface area contributed by atoms with Crippen molar-refractivity contribution >= 4 is 5.97 Å². The van der Waals surface area contributed by atoms with Gasteiger partial charge in [0.05, 0.1) is 7.11 Å². The molecule has 1 fully saturated rings. The molecule has 0 aromatic carbocycles. The Morgan fingerprint density at radius 2 is 2.31 bits per heavy atom. The van der Waals surface area contributed by atoms with Gasteiger partial charge in [-0.2, -0.15) is 5.10 Å². The second kappa shape index (κ2) is 3.88. The number of hydrogen-bond donors (Lipinski definition) is 0. The second-order valence-corrected chi connectivity index (χ2v) is 4.85. The Morgan fingerprint density at radius 1 is 1.62 bits per heavy atom. The standard InChI is InChI=1S/C11H17N3O2/c1-11(2,10(15)16-3)9-12-7-14(13-9)6-8-4-5-8/h7-8H,4-6H2,1-3H3. The topological polar surface area (TPSA) is 57.0 Å². The zero-order valence-electron chi connectivity index (χ0n) is 9.93. The lowest BCUT2D eigenvalue weighted by atomic mass is 9.93. The zero-order valence-corrected chi connectivity index (χ0v) is 9.93. The van der Waals surface area contributed by atoms with E-state index in [1.807, 2.05) is 4.68 Å². The molecule has 5 heteroatoms. The van der Waals surface area contributed by atoms with Gasteiger partial charge in [0, 0.05) is 6.54 Å².